The van der Waals surface area contributed by atoms with Crippen molar-refractivity contribution < 1.29 is 19.1 Å². The van der Waals surface area contributed by atoms with Gasteiger partial charge in [-0.05, 0) is 44.3 Å². The van der Waals surface area contributed by atoms with Crippen LogP contribution in [0.5, 0.6) is 0 Å². The Bertz CT molecular complexity index is 523. The maximum atomic E-state index is 12.5. The Balaban J connectivity index is 1.53. The van der Waals surface area contributed by atoms with Crippen LogP contribution in [0, 0.1) is 0 Å². The number of imide groups is 1. The van der Waals surface area contributed by atoms with Crippen LogP contribution in [0.15, 0.2) is 0 Å². The molecule has 3 amide bonds. The summed E-state index contributed by atoms with van der Waals surface area (Å²) in [5.41, 5.74) is 0. The first kappa shape index (κ1) is 24.2. The van der Waals surface area contributed by atoms with E-state index < -0.39 is 0 Å². The van der Waals surface area contributed by atoms with Crippen LogP contribution in [-0.2, 0) is 19.1 Å². The smallest absolute Gasteiger partial charge is 0.242 e. The van der Waals surface area contributed by atoms with Gasteiger partial charge in [-0.1, -0.05) is 32.6 Å². The van der Waals surface area contributed by atoms with Crippen molar-refractivity contribution in [2.45, 2.75) is 95.3 Å². The van der Waals surface area contributed by atoms with Crippen molar-refractivity contribution in [3.05, 3.63) is 0 Å². The molecule has 1 atom stereocenters. The molecule has 1 N–H and O–H groups in total. The topological polar surface area (TPSA) is 75.7 Å². The van der Waals surface area contributed by atoms with Crippen LogP contribution in [0.1, 0.15) is 84.0 Å². The third kappa shape index (κ3) is 9.08. The Labute approximate surface area is 179 Å². The summed E-state index contributed by atoms with van der Waals surface area (Å²) in [6.07, 6.45) is 11.2. The van der Waals surface area contributed by atoms with Crippen molar-refractivity contribution in [1.82, 2.24) is 10.2 Å². The minimum absolute atomic E-state index is 0.0375. The Hall–Kier alpha value is -1.08. The van der Waals surface area contributed by atoms with E-state index in [1.165, 1.54) is 24.2 Å². The molecule has 0 aromatic rings. The minimum atomic E-state index is -0.227. The molecule has 29 heavy (non-hydrogen) atoms. The second-order valence-electron chi connectivity index (χ2n) is 8.13. The van der Waals surface area contributed by atoms with E-state index in [2.05, 4.69) is 12.2 Å². The van der Waals surface area contributed by atoms with Crippen molar-refractivity contribution in [1.29, 1.82) is 0 Å². The number of nitrogens with one attached hydrogen (secondary N) is 1. The molecule has 1 aliphatic carbocycles. The van der Waals surface area contributed by atoms with Gasteiger partial charge in [0.15, 0.2) is 0 Å². The van der Waals surface area contributed by atoms with Crippen LogP contribution < -0.4 is 5.32 Å². The van der Waals surface area contributed by atoms with Crippen LogP contribution >= 0.6 is 11.8 Å². The summed E-state index contributed by atoms with van der Waals surface area (Å²) < 4.78 is 5.45. The van der Waals surface area contributed by atoms with Gasteiger partial charge in [0.25, 0.3) is 0 Å². The Kier molecular flexibility index (Phi) is 11.7. The molecule has 1 unspecified atom stereocenters. The van der Waals surface area contributed by atoms with Gasteiger partial charge in [0.05, 0.1) is 5.25 Å². The van der Waals surface area contributed by atoms with Crippen LogP contribution in [0.4, 0.5) is 0 Å². The average molecular weight is 427 g/mol. The lowest BCUT2D eigenvalue weighted by Crippen LogP contribution is -2.36. The van der Waals surface area contributed by atoms with Crippen molar-refractivity contribution in [3.8, 4) is 0 Å². The van der Waals surface area contributed by atoms with E-state index in [0.29, 0.717) is 32.0 Å². The fourth-order valence-electron chi connectivity index (χ4n) is 3.93. The first-order valence-corrected chi connectivity index (χ1v) is 12.5. The lowest BCUT2D eigenvalue weighted by molar-refractivity contribution is -0.138. The van der Waals surface area contributed by atoms with Gasteiger partial charge in [-0.2, -0.15) is 0 Å². The highest BCUT2D eigenvalue weighted by Crippen LogP contribution is 2.26. The molecule has 0 aromatic heterocycles. The van der Waals surface area contributed by atoms with E-state index in [4.69, 9.17) is 4.74 Å². The molecule has 1 aliphatic heterocycles. The standard InChI is InChI=1S/C22H38N2O4S/c1-2-14-28-15-9-16-29-19-17-21(26)24(22(19)27)13-8-4-7-12-20(25)23-18-10-5-3-6-11-18/h18-19H,2-17H2,1H3,(H,23,25). The van der Waals surface area contributed by atoms with Gasteiger partial charge in [0.1, 0.15) is 0 Å². The number of carbonyl (C=O) groups is 3. The summed E-state index contributed by atoms with van der Waals surface area (Å²) in [6, 6.07) is 0.365. The van der Waals surface area contributed by atoms with E-state index in [1.807, 2.05) is 0 Å². The van der Waals surface area contributed by atoms with Crippen LogP contribution in [0.25, 0.3) is 0 Å². The zero-order chi connectivity index (χ0) is 20.9. The molecule has 166 valence electrons. The Morgan fingerprint density at radius 3 is 2.66 bits per heavy atom. The van der Waals surface area contributed by atoms with Crippen LogP contribution in [0.3, 0.4) is 0 Å². The molecule has 1 saturated carbocycles. The van der Waals surface area contributed by atoms with Crippen LogP contribution in [0.2, 0.25) is 0 Å². The Morgan fingerprint density at radius 2 is 1.90 bits per heavy atom. The molecular weight excluding hydrogens is 388 g/mol. The highest BCUT2D eigenvalue weighted by atomic mass is 32.2. The van der Waals surface area contributed by atoms with Gasteiger partial charge >= 0.3 is 0 Å². The van der Waals surface area contributed by atoms with Gasteiger partial charge in [0.2, 0.25) is 17.7 Å². The number of carbonyl (C=O) groups excluding carboxylic acids is 3. The van der Waals surface area contributed by atoms with Gasteiger partial charge in [-0.25, -0.2) is 0 Å². The quantitative estimate of drug-likeness (QED) is 0.339. The molecule has 0 spiro atoms. The SMILES string of the molecule is CCCOCCCSC1CC(=O)N(CCCCCC(=O)NC2CCCCC2)C1=O. The summed E-state index contributed by atoms with van der Waals surface area (Å²) in [6.45, 7) is 4.06. The second kappa shape index (κ2) is 14.0. The first-order valence-electron chi connectivity index (χ1n) is 11.4. The number of ether oxygens (including phenoxy) is 1. The molecule has 1 saturated heterocycles. The third-order valence-electron chi connectivity index (χ3n) is 5.56. The predicted octanol–water partition coefficient (Wildman–Crippen LogP) is 3.67. The number of likely N-dealkylation sites (tertiary alicyclic amines) is 1. The number of amides is 3. The van der Waals surface area contributed by atoms with Gasteiger partial charge in [-0.3, -0.25) is 19.3 Å². The van der Waals surface area contributed by atoms with E-state index >= 15 is 0 Å². The lowest BCUT2D eigenvalue weighted by atomic mass is 9.95. The minimum Gasteiger partial charge on any atom is -0.381 e. The van der Waals surface area contributed by atoms with E-state index in [-0.39, 0.29) is 23.0 Å². The molecule has 2 fully saturated rings. The number of hydrogen-bond donors (Lipinski definition) is 1. The molecule has 1 heterocycles. The van der Waals surface area contributed by atoms with Crippen molar-refractivity contribution in [2.24, 2.45) is 0 Å². The molecule has 2 aliphatic rings. The highest BCUT2D eigenvalue weighted by molar-refractivity contribution is 8.00. The molecule has 7 heteroatoms. The molecule has 0 bridgehead atoms. The monoisotopic (exact) mass is 426 g/mol. The summed E-state index contributed by atoms with van der Waals surface area (Å²) in [7, 11) is 0. The molecule has 2 rings (SSSR count). The summed E-state index contributed by atoms with van der Waals surface area (Å²) in [4.78, 5) is 38.1. The molecular formula is C22H38N2O4S. The predicted molar refractivity (Wildman–Crippen MR) is 117 cm³/mol. The molecule has 0 aromatic carbocycles. The van der Waals surface area contributed by atoms with Crippen LogP contribution in [-0.4, -0.2) is 59.4 Å². The maximum Gasteiger partial charge on any atom is 0.242 e. The maximum absolute atomic E-state index is 12.5. The third-order valence-corrected chi connectivity index (χ3v) is 6.85. The second-order valence-corrected chi connectivity index (χ2v) is 9.44. The summed E-state index contributed by atoms with van der Waals surface area (Å²) in [5.74, 6) is 0.899. The van der Waals surface area contributed by atoms with Crippen molar-refractivity contribution >= 4 is 29.5 Å². The largest absolute Gasteiger partial charge is 0.381 e. The fraction of sp³-hybridized carbons (Fsp3) is 0.864. The summed E-state index contributed by atoms with van der Waals surface area (Å²) >= 11 is 1.58. The normalized spacial score (nSPS) is 20.4. The van der Waals surface area contributed by atoms with Crippen molar-refractivity contribution in [2.75, 3.05) is 25.5 Å². The van der Waals surface area contributed by atoms with Gasteiger partial charge in [0, 0.05) is 38.6 Å². The number of rotatable bonds is 14. The summed E-state index contributed by atoms with van der Waals surface area (Å²) in [5, 5.41) is 2.91. The highest BCUT2D eigenvalue weighted by Gasteiger charge is 2.38. The van der Waals surface area contributed by atoms with E-state index in [0.717, 1.165) is 57.3 Å². The Morgan fingerprint density at radius 1 is 1.10 bits per heavy atom. The number of thioether (sulfide) groups is 1. The first-order chi connectivity index (χ1) is 14.1. The molecule has 6 nitrogen and oxygen atoms in total. The lowest BCUT2D eigenvalue weighted by Gasteiger charge is -2.22. The average Bonchev–Trinajstić information content (AvgIpc) is 2.98. The number of unbranched alkanes of at least 4 members (excludes halogenated alkanes) is 2. The van der Waals surface area contributed by atoms with Crippen molar-refractivity contribution in [3.63, 3.8) is 0 Å². The number of hydrogen-bond acceptors (Lipinski definition) is 5. The van der Waals surface area contributed by atoms with E-state index in [1.54, 1.807) is 11.8 Å². The fourth-order valence-corrected chi connectivity index (χ4v) is 5.03. The zero-order valence-corrected chi connectivity index (χ0v) is 18.8. The van der Waals surface area contributed by atoms with Gasteiger partial charge < -0.3 is 10.1 Å². The number of nitrogens with zero attached hydrogens (tertiary/aromatic N) is 1. The zero-order valence-electron chi connectivity index (χ0n) is 18.0. The van der Waals surface area contributed by atoms with Gasteiger partial charge in [-0.15, -0.1) is 11.8 Å². The molecule has 0 radical (unpaired) electrons. The van der Waals surface area contributed by atoms with E-state index in [9.17, 15) is 14.4 Å².